The molecule has 0 saturated heterocycles. The van der Waals surface area contributed by atoms with Crippen molar-refractivity contribution in [1.29, 1.82) is 0 Å². The van der Waals surface area contributed by atoms with Gasteiger partial charge in [0.1, 0.15) is 19.0 Å². The summed E-state index contributed by atoms with van der Waals surface area (Å²) in [5, 5.41) is 5.32. The molecule has 7 nitrogen and oxygen atoms in total. The summed E-state index contributed by atoms with van der Waals surface area (Å²) in [6, 6.07) is 26.2. The number of hydrogen-bond donors (Lipinski definition) is 3. The van der Waals surface area contributed by atoms with E-state index in [1.807, 2.05) is 84.9 Å². The molecule has 3 aromatic rings. The minimum Gasteiger partial charge on any atom is -0.489 e. The van der Waals surface area contributed by atoms with Gasteiger partial charge >= 0.3 is 6.09 Å². The zero-order valence-electron chi connectivity index (χ0n) is 18.4. The zero-order chi connectivity index (χ0) is 23.3. The van der Waals surface area contributed by atoms with E-state index in [0.29, 0.717) is 13.0 Å². The fraction of sp³-hybridized carbons (Fsp3) is 0.231. The number of nitrogens with one attached hydrogen (secondary N) is 2. The molecule has 0 spiro atoms. The third-order valence-corrected chi connectivity index (χ3v) is 4.87. The predicted octanol–water partition coefficient (Wildman–Crippen LogP) is 3.18. The van der Waals surface area contributed by atoms with E-state index in [-0.39, 0.29) is 25.6 Å². The van der Waals surface area contributed by atoms with E-state index in [2.05, 4.69) is 10.6 Å². The summed E-state index contributed by atoms with van der Waals surface area (Å²) >= 11 is 0. The largest absolute Gasteiger partial charge is 0.489 e. The van der Waals surface area contributed by atoms with Crippen LogP contribution in [0.5, 0.6) is 5.75 Å². The fourth-order valence-corrected chi connectivity index (χ4v) is 3.06. The van der Waals surface area contributed by atoms with Crippen LogP contribution in [0.3, 0.4) is 0 Å². The van der Waals surface area contributed by atoms with Crippen LogP contribution in [-0.2, 0) is 29.2 Å². The summed E-state index contributed by atoms with van der Waals surface area (Å²) in [6.45, 7) is 1.20. The van der Waals surface area contributed by atoms with Crippen LogP contribution in [0.1, 0.15) is 16.7 Å². The van der Waals surface area contributed by atoms with Crippen LogP contribution in [0.15, 0.2) is 84.9 Å². The van der Waals surface area contributed by atoms with Crippen LogP contribution in [0.25, 0.3) is 0 Å². The molecule has 0 aliphatic heterocycles. The van der Waals surface area contributed by atoms with E-state index in [0.717, 1.165) is 22.4 Å². The molecule has 0 bridgehead atoms. The van der Waals surface area contributed by atoms with Gasteiger partial charge in [-0.3, -0.25) is 4.79 Å². The molecule has 7 heteroatoms. The van der Waals surface area contributed by atoms with E-state index in [1.165, 1.54) is 0 Å². The second-order valence-corrected chi connectivity index (χ2v) is 7.51. The van der Waals surface area contributed by atoms with Crippen LogP contribution in [0, 0.1) is 0 Å². The summed E-state index contributed by atoms with van der Waals surface area (Å²) < 4.78 is 10.9. The molecule has 0 aliphatic carbocycles. The topological polar surface area (TPSA) is 103 Å². The highest BCUT2D eigenvalue weighted by atomic mass is 16.5. The van der Waals surface area contributed by atoms with Crippen LogP contribution in [0.4, 0.5) is 4.79 Å². The second kappa shape index (κ2) is 12.9. The maximum absolute atomic E-state index is 12.2. The van der Waals surface area contributed by atoms with Crippen LogP contribution in [-0.4, -0.2) is 31.1 Å². The van der Waals surface area contributed by atoms with Gasteiger partial charge < -0.3 is 25.8 Å². The SMILES string of the molecule is NC(Cc1ccc(OCc2ccccc2)cc1)C(=O)NCCNC(=O)OCc1ccccc1. The Labute approximate surface area is 193 Å². The molecule has 0 fully saturated rings. The smallest absolute Gasteiger partial charge is 0.407 e. The molecule has 0 heterocycles. The monoisotopic (exact) mass is 447 g/mol. The number of carbonyl (C=O) groups excluding carboxylic acids is 2. The Hall–Kier alpha value is -3.84. The lowest BCUT2D eigenvalue weighted by atomic mass is 10.1. The Morgan fingerprint density at radius 2 is 1.30 bits per heavy atom. The van der Waals surface area contributed by atoms with E-state index < -0.39 is 12.1 Å². The number of alkyl carbamates (subject to hydrolysis) is 1. The minimum absolute atomic E-state index is 0.194. The van der Waals surface area contributed by atoms with Gasteiger partial charge in [0.05, 0.1) is 6.04 Å². The number of nitrogens with two attached hydrogens (primary N) is 1. The summed E-state index contributed by atoms with van der Waals surface area (Å²) in [5.41, 5.74) is 8.96. The summed E-state index contributed by atoms with van der Waals surface area (Å²) in [4.78, 5) is 23.9. The maximum Gasteiger partial charge on any atom is 0.407 e. The number of amides is 2. The lowest BCUT2D eigenvalue weighted by Gasteiger charge is -2.13. The van der Waals surface area contributed by atoms with Crippen molar-refractivity contribution in [1.82, 2.24) is 10.6 Å². The van der Waals surface area contributed by atoms with Gasteiger partial charge in [-0.2, -0.15) is 0 Å². The van der Waals surface area contributed by atoms with Gasteiger partial charge in [-0.25, -0.2) is 4.79 Å². The molecule has 33 heavy (non-hydrogen) atoms. The van der Waals surface area contributed by atoms with E-state index in [1.54, 1.807) is 0 Å². The molecule has 3 rings (SSSR count). The Morgan fingerprint density at radius 1 is 0.727 bits per heavy atom. The van der Waals surface area contributed by atoms with Crippen molar-refractivity contribution in [2.75, 3.05) is 13.1 Å². The average Bonchev–Trinajstić information content (AvgIpc) is 2.86. The van der Waals surface area contributed by atoms with Crippen LogP contribution >= 0.6 is 0 Å². The fourth-order valence-electron chi connectivity index (χ4n) is 3.06. The van der Waals surface area contributed by atoms with Gasteiger partial charge in [0.15, 0.2) is 0 Å². The molecular weight excluding hydrogens is 418 g/mol. The Morgan fingerprint density at radius 3 is 1.94 bits per heavy atom. The molecular formula is C26H29N3O4. The number of benzene rings is 3. The van der Waals surface area contributed by atoms with Crippen molar-refractivity contribution in [3.63, 3.8) is 0 Å². The highest BCUT2D eigenvalue weighted by Gasteiger charge is 2.14. The molecule has 1 unspecified atom stereocenters. The Balaban J connectivity index is 1.30. The van der Waals surface area contributed by atoms with Gasteiger partial charge in [-0.05, 0) is 35.2 Å². The molecule has 0 aliphatic rings. The highest BCUT2D eigenvalue weighted by molar-refractivity contribution is 5.81. The normalized spacial score (nSPS) is 11.3. The van der Waals surface area contributed by atoms with Gasteiger partial charge in [0.2, 0.25) is 5.91 Å². The zero-order valence-corrected chi connectivity index (χ0v) is 18.4. The number of rotatable bonds is 11. The molecule has 0 saturated carbocycles. The quantitative estimate of drug-likeness (QED) is 0.392. The predicted molar refractivity (Wildman–Crippen MR) is 127 cm³/mol. The summed E-state index contributed by atoms with van der Waals surface area (Å²) in [5.74, 6) is 0.477. The van der Waals surface area contributed by atoms with Crippen molar-refractivity contribution in [3.8, 4) is 5.75 Å². The van der Waals surface area contributed by atoms with E-state index in [9.17, 15) is 9.59 Å². The molecule has 0 aromatic heterocycles. The lowest BCUT2D eigenvalue weighted by Crippen LogP contribution is -2.44. The summed E-state index contributed by atoms with van der Waals surface area (Å²) in [7, 11) is 0. The average molecular weight is 448 g/mol. The van der Waals surface area contributed by atoms with Crippen molar-refractivity contribution >= 4 is 12.0 Å². The van der Waals surface area contributed by atoms with Crippen molar-refractivity contribution < 1.29 is 19.1 Å². The summed E-state index contributed by atoms with van der Waals surface area (Å²) in [6.07, 6.45) is -0.135. The molecule has 3 aromatic carbocycles. The standard InChI is InChI=1S/C26H29N3O4/c27-24(17-20-11-13-23(14-12-20)32-18-21-7-3-1-4-8-21)25(30)28-15-16-29-26(31)33-19-22-9-5-2-6-10-22/h1-14,24H,15-19,27H2,(H,28,30)(H,29,31). The first kappa shape index (κ1) is 23.8. The maximum atomic E-state index is 12.2. The second-order valence-electron chi connectivity index (χ2n) is 7.51. The first-order valence-electron chi connectivity index (χ1n) is 10.8. The van der Waals surface area contributed by atoms with Crippen LogP contribution < -0.4 is 21.1 Å². The van der Waals surface area contributed by atoms with Crippen molar-refractivity contribution in [2.45, 2.75) is 25.7 Å². The van der Waals surface area contributed by atoms with Crippen LogP contribution in [0.2, 0.25) is 0 Å². The highest BCUT2D eigenvalue weighted by Crippen LogP contribution is 2.15. The van der Waals surface area contributed by atoms with Gasteiger partial charge in [-0.15, -0.1) is 0 Å². The van der Waals surface area contributed by atoms with Crippen molar-refractivity contribution in [2.24, 2.45) is 5.73 Å². The first-order valence-corrected chi connectivity index (χ1v) is 10.8. The number of carbonyl (C=O) groups is 2. The van der Waals surface area contributed by atoms with E-state index >= 15 is 0 Å². The lowest BCUT2D eigenvalue weighted by molar-refractivity contribution is -0.122. The van der Waals surface area contributed by atoms with E-state index in [4.69, 9.17) is 15.2 Å². The Kier molecular flexibility index (Phi) is 9.29. The molecule has 172 valence electrons. The molecule has 1 atom stereocenters. The van der Waals surface area contributed by atoms with Gasteiger partial charge in [-0.1, -0.05) is 72.8 Å². The van der Waals surface area contributed by atoms with Crippen molar-refractivity contribution in [3.05, 3.63) is 102 Å². The molecule has 4 N–H and O–H groups in total. The van der Waals surface area contributed by atoms with Gasteiger partial charge in [0, 0.05) is 13.1 Å². The molecule has 2 amide bonds. The Bertz CT molecular complexity index is 995. The minimum atomic E-state index is -0.689. The first-order chi connectivity index (χ1) is 16.1. The van der Waals surface area contributed by atoms with Gasteiger partial charge in [0.25, 0.3) is 0 Å². The third kappa shape index (κ3) is 8.66. The number of hydrogen-bond acceptors (Lipinski definition) is 5. The number of ether oxygens (including phenoxy) is 2. The molecule has 0 radical (unpaired) electrons. The third-order valence-electron chi connectivity index (χ3n) is 4.87.